The first-order chi connectivity index (χ1) is 8.55. The molecule has 1 heterocycles. The summed E-state index contributed by atoms with van der Waals surface area (Å²) in [5, 5.41) is 7.08. The molecule has 0 saturated heterocycles. The minimum atomic E-state index is -3.56. The Kier molecular flexibility index (Phi) is 3.38. The van der Waals surface area contributed by atoms with E-state index in [9.17, 15) is 8.42 Å². The number of hydrogen-bond donors (Lipinski definition) is 2. The summed E-state index contributed by atoms with van der Waals surface area (Å²) < 4.78 is 25.8. The highest BCUT2D eigenvalue weighted by Crippen LogP contribution is 2.10. The number of nitrogens with one attached hydrogen (secondary N) is 1. The number of benzene rings is 1. The largest absolute Gasteiger partial charge is 0.399 e. The van der Waals surface area contributed by atoms with E-state index in [1.54, 1.807) is 24.3 Å². The molecule has 0 aliphatic heterocycles. The molecule has 2 rings (SSSR count). The van der Waals surface area contributed by atoms with Gasteiger partial charge in [0.05, 0.1) is 18.1 Å². The van der Waals surface area contributed by atoms with E-state index in [1.807, 2.05) is 0 Å². The zero-order valence-electron chi connectivity index (χ0n) is 9.31. The Balaban J connectivity index is 2.10. The predicted octanol–water partition coefficient (Wildman–Crippen LogP) is 0.396. The lowest BCUT2D eigenvalue weighted by atomic mass is 10.2. The van der Waals surface area contributed by atoms with Gasteiger partial charge in [0.15, 0.2) is 0 Å². The molecule has 0 saturated carbocycles. The lowest BCUT2D eigenvalue weighted by molar-refractivity contribution is 0.600. The van der Waals surface area contributed by atoms with Crippen molar-refractivity contribution in [2.45, 2.75) is 5.75 Å². The van der Waals surface area contributed by atoms with Crippen molar-refractivity contribution >= 4 is 21.7 Å². The number of anilines is 2. The molecule has 0 unspecified atom stereocenters. The number of hydrogen-bond acceptors (Lipinski definition) is 6. The van der Waals surface area contributed by atoms with Gasteiger partial charge in [-0.3, -0.25) is 0 Å². The second-order valence-corrected chi connectivity index (χ2v) is 5.29. The van der Waals surface area contributed by atoms with Crippen LogP contribution in [0.2, 0.25) is 0 Å². The van der Waals surface area contributed by atoms with Crippen LogP contribution in [0.1, 0.15) is 5.56 Å². The van der Waals surface area contributed by atoms with E-state index in [1.165, 1.54) is 12.4 Å². The van der Waals surface area contributed by atoms with Crippen LogP contribution in [0.5, 0.6) is 0 Å². The van der Waals surface area contributed by atoms with E-state index in [4.69, 9.17) is 5.73 Å². The van der Waals surface area contributed by atoms with Gasteiger partial charge in [0, 0.05) is 5.69 Å². The topological polar surface area (TPSA) is 111 Å². The van der Waals surface area contributed by atoms with Gasteiger partial charge in [-0.25, -0.2) is 18.1 Å². The standard InChI is InChI=1S/C10H11N5O2S/c11-9-3-1-8(2-4-9)7-18(16,17)15-10-12-5-6-13-14-10/h1-6H,7,11H2,(H,12,14,15). The van der Waals surface area contributed by atoms with Crippen molar-refractivity contribution in [3.63, 3.8) is 0 Å². The minimum Gasteiger partial charge on any atom is -0.399 e. The zero-order valence-corrected chi connectivity index (χ0v) is 10.1. The summed E-state index contributed by atoms with van der Waals surface area (Å²) in [5.41, 5.74) is 6.73. The number of nitrogens with zero attached hydrogens (tertiary/aromatic N) is 3. The summed E-state index contributed by atoms with van der Waals surface area (Å²) in [4.78, 5) is 3.74. The molecule has 94 valence electrons. The molecule has 0 radical (unpaired) electrons. The smallest absolute Gasteiger partial charge is 0.256 e. The van der Waals surface area contributed by atoms with Crippen LogP contribution in [0.25, 0.3) is 0 Å². The van der Waals surface area contributed by atoms with Crippen LogP contribution in [-0.4, -0.2) is 23.6 Å². The first-order valence-corrected chi connectivity index (χ1v) is 6.69. The van der Waals surface area contributed by atoms with E-state index in [0.29, 0.717) is 11.3 Å². The number of aromatic nitrogens is 3. The second kappa shape index (κ2) is 4.96. The van der Waals surface area contributed by atoms with Crippen molar-refractivity contribution in [1.82, 2.24) is 15.2 Å². The van der Waals surface area contributed by atoms with Crippen LogP contribution in [0.4, 0.5) is 11.6 Å². The Bertz CT molecular complexity index is 612. The highest BCUT2D eigenvalue weighted by atomic mass is 32.2. The molecule has 1 aromatic carbocycles. The van der Waals surface area contributed by atoms with Crippen molar-refractivity contribution in [1.29, 1.82) is 0 Å². The number of nitrogens with two attached hydrogens (primary N) is 1. The first-order valence-electron chi connectivity index (χ1n) is 5.04. The number of sulfonamides is 1. The molecule has 0 amide bonds. The molecular formula is C10H11N5O2S. The van der Waals surface area contributed by atoms with Crippen LogP contribution in [0.3, 0.4) is 0 Å². The molecule has 3 N–H and O–H groups in total. The van der Waals surface area contributed by atoms with E-state index in [2.05, 4.69) is 19.9 Å². The monoisotopic (exact) mass is 265 g/mol. The number of nitrogen functional groups attached to an aromatic ring is 1. The average Bonchev–Trinajstić information content (AvgIpc) is 2.32. The van der Waals surface area contributed by atoms with Gasteiger partial charge in [-0.2, -0.15) is 5.10 Å². The average molecular weight is 265 g/mol. The highest BCUT2D eigenvalue weighted by Gasteiger charge is 2.13. The Morgan fingerprint density at radius 1 is 1.17 bits per heavy atom. The molecule has 0 aliphatic carbocycles. The fourth-order valence-corrected chi connectivity index (χ4v) is 2.38. The summed E-state index contributed by atoms with van der Waals surface area (Å²) >= 11 is 0. The van der Waals surface area contributed by atoms with E-state index < -0.39 is 10.0 Å². The Labute approximate surface area is 104 Å². The Morgan fingerprint density at radius 2 is 1.89 bits per heavy atom. The summed E-state index contributed by atoms with van der Waals surface area (Å²) in [6.45, 7) is 0. The fraction of sp³-hybridized carbons (Fsp3) is 0.100. The van der Waals surface area contributed by atoms with Gasteiger partial charge in [0.2, 0.25) is 10.0 Å². The quantitative estimate of drug-likeness (QED) is 0.774. The fourth-order valence-electron chi connectivity index (χ4n) is 1.30. The van der Waals surface area contributed by atoms with Crippen LogP contribution in [0.15, 0.2) is 36.7 Å². The normalized spacial score (nSPS) is 11.1. The maximum absolute atomic E-state index is 11.8. The lowest BCUT2D eigenvalue weighted by Crippen LogP contribution is -2.17. The van der Waals surface area contributed by atoms with Gasteiger partial charge in [-0.15, -0.1) is 5.10 Å². The summed E-state index contributed by atoms with van der Waals surface area (Å²) in [6, 6.07) is 6.59. The molecule has 8 heteroatoms. The minimum absolute atomic E-state index is 0.0482. The summed E-state index contributed by atoms with van der Waals surface area (Å²) in [7, 11) is -3.56. The van der Waals surface area contributed by atoms with E-state index >= 15 is 0 Å². The molecule has 0 atom stereocenters. The SMILES string of the molecule is Nc1ccc(CS(=O)(=O)Nc2nccnn2)cc1. The van der Waals surface area contributed by atoms with Gasteiger partial charge in [-0.05, 0) is 17.7 Å². The van der Waals surface area contributed by atoms with Gasteiger partial charge < -0.3 is 5.73 Å². The third kappa shape index (κ3) is 3.39. The van der Waals surface area contributed by atoms with Crippen LogP contribution < -0.4 is 10.5 Å². The summed E-state index contributed by atoms with van der Waals surface area (Å²) in [6.07, 6.45) is 2.71. The molecule has 0 bridgehead atoms. The van der Waals surface area contributed by atoms with Gasteiger partial charge in [0.1, 0.15) is 0 Å². The van der Waals surface area contributed by atoms with Crippen molar-refractivity contribution in [3.05, 3.63) is 42.2 Å². The number of rotatable bonds is 4. The van der Waals surface area contributed by atoms with Gasteiger partial charge >= 0.3 is 0 Å². The van der Waals surface area contributed by atoms with Crippen molar-refractivity contribution in [3.8, 4) is 0 Å². The van der Waals surface area contributed by atoms with Crippen LogP contribution in [0, 0.1) is 0 Å². The Hall–Kier alpha value is -2.22. The zero-order chi connectivity index (χ0) is 13.0. The summed E-state index contributed by atoms with van der Waals surface area (Å²) in [5.74, 6) is -0.223. The molecule has 2 aromatic rings. The second-order valence-electron chi connectivity index (χ2n) is 3.57. The molecule has 0 aliphatic rings. The first kappa shape index (κ1) is 12.2. The molecule has 18 heavy (non-hydrogen) atoms. The van der Waals surface area contributed by atoms with Gasteiger partial charge in [0.25, 0.3) is 5.95 Å². The molecule has 0 spiro atoms. The van der Waals surface area contributed by atoms with E-state index in [0.717, 1.165) is 0 Å². The van der Waals surface area contributed by atoms with Crippen LogP contribution in [-0.2, 0) is 15.8 Å². The predicted molar refractivity (Wildman–Crippen MR) is 66.9 cm³/mol. The van der Waals surface area contributed by atoms with Gasteiger partial charge in [-0.1, -0.05) is 12.1 Å². The third-order valence-electron chi connectivity index (χ3n) is 2.07. The van der Waals surface area contributed by atoms with Crippen molar-refractivity contribution in [2.75, 3.05) is 10.5 Å². The third-order valence-corrected chi connectivity index (χ3v) is 3.27. The molecule has 0 fully saturated rings. The molecule has 7 nitrogen and oxygen atoms in total. The maximum atomic E-state index is 11.8. The Morgan fingerprint density at radius 3 is 2.50 bits per heavy atom. The lowest BCUT2D eigenvalue weighted by Gasteiger charge is -2.05. The van der Waals surface area contributed by atoms with Crippen molar-refractivity contribution in [2.24, 2.45) is 0 Å². The molecular weight excluding hydrogens is 254 g/mol. The van der Waals surface area contributed by atoms with Crippen LogP contribution >= 0.6 is 0 Å². The molecule has 1 aromatic heterocycles. The maximum Gasteiger partial charge on any atom is 0.256 e. The van der Waals surface area contributed by atoms with E-state index in [-0.39, 0.29) is 11.7 Å². The van der Waals surface area contributed by atoms with Crippen molar-refractivity contribution < 1.29 is 8.42 Å². The highest BCUT2D eigenvalue weighted by molar-refractivity contribution is 7.91.